The lowest BCUT2D eigenvalue weighted by molar-refractivity contribution is -0.239. The van der Waals surface area contributed by atoms with E-state index in [4.69, 9.17) is 5.26 Å². The number of methoxy groups -OCH3 is 1. The monoisotopic (exact) mass is 206 g/mol. The lowest BCUT2D eigenvalue weighted by atomic mass is 9.96. The molecule has 2 atom stereocenters. The maximum atomic E-state index is 11.1. The van der Waals surface area contributed by atoms with Gasteiger partial charge in [0.25, 0.3) is 0 Å². The summed E-state index contributed by atoms with van der Waals surface area (Å²) in [6, 6.07) is 0. The van der Waals surface area contributed by atoms with Gasteiger partial charge in [0, 0.05) is 11.5 Å². The fourth-order valence-electron chi connectivity index (χ4n) is 1.24. The van der Waals surface area contributed by atoms with Gasteiger partial charge in [-0.15, -0.1) is 0 Å². The summed E-state index contributed by atoms with van der Waals surface area (Å²) in [6.07, 6.45) is 0. The van der Waals surface area contributed by atoms with Crippen LogP contribution in [0.1, 0.15) is 0 Å². The van der Waals surface area contributed by atoms with Crippen LogP contribution in [-0.2, 0) is 19.2 Å². The van der Waals surface area contributed by atoms with Crippen molar-refractivity contribution >= 4 is 23.7 Å². The van der Waals surface area contributed by atoms with Crippen molar-refractivity contribution in [2.45, 2.75) is 0 Å². The van der Waals surface area contributed by atoms with E-state index in [0.717, 1.165) is 0 Å². The van der Waals surface area contributed by atoms with E-state index in [9.17, 15) is 9.59 Å². The summed E-state index contributed by atoms with van der Waals surface area (Å²) in [6.45, 7) is 0. The van der Waals surface area contributed by atoms with E-state index in [2.05, 4.69) is 9.62 Å². The third-order valence-corrected chi connectivity index (χ3v) is 3.17. The van der Waals surface area contributed by atoms with E-state index in [1.165, 1.54) is 18.9 Å². The summed E-state index contributed by atoms with van der Waals surface area (Å²) >= 11 is 1.46. The number of hydrogen-bond donors (Lipinski definition) is 1. The van der Waals surface area contributed by atoms with Crippen LogP contribution in [0.4, 0.5) is 0 Å². The van der Waals surface area contributed by atoms with Crippen molar-refractivity contribution in [1.29, 1.82) is 0 Å². The SMILES string of the molecule is COC(=O)C1CSCC1C(=O)OO. The third-order valence-electron chi connectivity index (χ3n) is 1.98. The van der Waals surface area contributed by atoms with Crippen LogP contribution in [0.2, 0.25) is 0 Å². The molecule has 1 saturated heterocycles. The van der Waals surface area contributed by atoms with E-state index in [1.807, 2.05) is 0 Å². The molecule has 1 fully saturated rings. The van der Waals surface area contributed by atoms with Crippen LogP contribution in [0.15, 0.2) is 0 Å². The van der Waals surface area contributed by atoms with Crippen LogP contribution < -0.4 is 0 Å². The van der Waals surface area contributed by atoms with Crippen molar-refractivity contribution in [2.75, 3.05) is 18.6 Å². The zero-order valence-electron chi connectivity index (χ0n) is 7.06. The number of carbonyl (C=O) groups excluding carboxylic acids is 2. The molecule has 0 aromatic heterocycles. The van der Waals surface area contributed by atoms with Gasteiger partial charge >= 0.3 is 11.9 Å². The number of thioether (sulfide) groups is 1. The minimum absolute atomic E-state index is 0.430. The largest absolute Gasteiger partial charge is 0.469 e. The summed E-state index contributed by atoms with van der Waals surface area (Å²) in [5, 5.41) is 8.16. The van der Waals surface area contributed by atoms with Gasteiger partial charge in [0.1, 0.15) is 0 Å². The molecule has 0 spiro atoms. The number of ether oxygens (including phenoxy) is 1. The fraction of sp³-hybridized carbons (Fsp3) is 0.714. The Kier molecular flexibility index (Phi) is 3.56. The molecule has 6 heteroatoms. The van der Waals surface area contributed by atoms with Crippen molar-refractivity contribution < 1.29 is 24.5 Å². The van der Waals surface area contributed by atoms with E-state index in [1.54, 1.807) is 0 Å². The number of rotatable bonds is 2. The molecule has 1 aliphatic rings. The Morgan fingerprint density at radius 1 is 1.31 bits per heavy atom. The molecule has 0 aromatic carbocycles. The van der Waals surface area contributed by atoms with Crippen LogP contribution in [0.25, 0.3) is 0 Å². The Morgan fingerprint density at radius 3 is 2.31 bits per heavy atom. The smallest absolute Gasteiger partial charge is 0.346 e. The van der Waals surface area contributed by atoms with E-state index in [0.29, 0.717) is 11.5 Å². The Labute approximate surface area is 79.3 Å². The van der Waals surface area contributed by atoms with Gasteiger partial charge in [0.05, 0.1) is 18.9 Å². The Bertz CT molecular complexity index is 195. The third kappa shape index (κ3) is 2.13. The number of carbonyl (C=O) groups is 2. The van der Waals surface area contributed by atoms with E-state index < -0.39 is 23.8 Å². The first-order chi connectivity index (χ1) is 6.20. The first-order valence-corrected chi connectivity index (χ1v) is 4.87. The molecule has 2 unspecified atom stereocenters. The molecule has 0 aromatic rings. The van der Waals surface area contributed by atoms with Gasteiger partial charge in [-0.05, 0) is 0 Å². The molecule has 0 bridgehead atoms. The summed E-state index contributed by atoms with van der Waals surface area (Å²) in [4.78, 5) is 25.7. The van der Waals surface area contributed by atoms with E-state index in [-0.39, 0.29) is 0 Å². The van der Waals surface area contributed by atoms with Crippen LogP contribution >= 0.6 is 11.8 Å². The van der Waals surface area contributed by atoms with Gasteiger partial charge in [-0.1, -0.05) is 0 Å². The highest BCUT2D eigenvalue weighted by Crippen LogP contribution is 2.31. The second kappa shape index (κ2) is 4.48. The Balaban J connectivity index is 2.63. The maximum absolute atomic E-state index is 11.1. The van der Waals surface area contributed by atoms with Crippen LogP contribution in [0, 0.1) is 11.8 Å². The molecule has 0 aliphatic carbocycles. The first-order valence-electron chi connectivity index (χ1n) is 3.71. The van der Waals surface area contributed by atoms with Crippen LogP contribution in [0.3, 0.4) is 0 Å². The zero-order valence-corrected chi connectivity index (χ0v) is 7.87. The predicted octanol–water partition coefficient (Wildman–Crippen LogP) is 0.155. The van der Waals surface area contributed by atoms with Gasteiger partial charge in [0.2, 0.25) is 0 Å². The fourth-order valence-corrected chi connectivity index (χ4v) is 2.62. The Morgan fingerprint density at radius 2 is 1.85 bits per heavy atom. The molecule has 1 rings (SSSR count). The molecule has 1 heterocycles. The lowest BCUT2D eigenvalue weighted by Gasteiger charge is -2.12. The second-order valence-corrected chi connectivity index (χ2v) is 3.76. The summed E-state index contributed by atoms with van der Waals surface area (Å²) in [5.41, 5.74) is 0. The average molecular weight is 206 g/mol. The predicted molar refractivity (Wildman–Crippen MR) is 45.0 cm³/mol. The summed E-state index contributed by atoms with van der Waals surface area (Å²) < 4.78 is 4.52. The highest BCUT2D eigenvalue weighted by Gasteiger charge is 2.40. The van der Waals surface area contributed by atoms with Crippen molar-refractivity contribution in [1.82, 2.24) is 0 Å². The maximum Gasteiger partial charge on any atom is 0.346 e. The minimum Gasteiger partial charge on any atom is -0.469 e. The van der Waals surface area contributed by atoms with Crippen molar-refractivity contribution in [3.8, 4) is 0 Å². The normalized spacial score (nSPS) is 26.9. The van der Waals surface area contributed by atoms with Crippen LogP contribution in [-0.4, -0.2) is 35.8 Å². The molecule has 74 valence electrons. The molecule has 0 radical (unpaired) electrons. The summed E-state index contributed by atoms with van der Waals surface area (Å²) in [7, 11) is 1.27. The molecule has 0 amide bonds. The van der Waals surface area contributed by atoms with Gasteiger partial charge in [-0.25, -0.2) is 4.79 Å². The van der Waals surface area contributed by atoms with Gasteiger partial charge < -0.3 is 9.62 Å². The quantitative estimate of drug-likeness (QED) is 0.394. The van der Waals surface area contributed by atoms with E-state index >= 15 is 0 Å². The van der Waals surface area contributed by atoms with Crippen molar-refractivity contribution in [2.24, 2.45) is 11.8 Å². The molecular formula is C7H10O5S. The number of esters is 1. The highest BCUT2D eigenvalue weighted by atomic mass is 32.2. The molecular weight excluding hydrogens is 196 g/mol. The average Bonchev–Trinajstić information content (AvgIpc) is 2.63. The zero-order chi connectivity index (χ0) is 9.84. The molecule has 5 nitrogen and oxygen atoms in total. The van der Waals surface area contributed by atoms with Gasteiger partial charge in [0.15, 0.2) is 0 Å². The molecule has 13 heavy (non-hydrogen) atoms. The Hall–Kier alpha value is -0.750. The van der Waals surface area contributed by atoms with Crippen molar-refractivity contribution in [3.63, 3.8) is 0 Å². The first kappa shape index (κ1) is 10.3. The highest BCUT2D eigenvalue weighted by molar-refractivity contribution is 7.99. The lowest BCUT2D eigenvalue weighted by Crippen LogP contribution is -2.30. The van der Waals surface area contributed by atoms with Crippen LogP contribution in [0.5, 0.6) is 0 Å². The van der Waals surface area contributed by atoms with Gasteiger partial charge in [-0.2, -0.15) is 17.0 Å². The van der Waals surface area contributed by atoms with Gasteiger partial charge in [-0.3, -0.25) is 4.79 Å². The minimum atomic E-state index is -0.764. The van der Waals surface area contributed by atoms with Crippen molar-refractivity contribution in [3.05, 3.63) is 0 Å². The molecule has 0 saturated carbocycles. The second-order valence-electron chi connectivity index (χ2n) is 2.68. The number of hydrogen-bond acceptors (Lipinski definition) is 6. The topological polar surface area (TPSA) is 72.8 Å². The molecule has 1 N–H and O–H groups in total. The molecule has 1 aliphatic heterocycles. The standard InChI is InChI=1S/C7H10O5S/c1-11-6(8)4-2-13-3-5(4)7(9)12-10/h4-5,10H,2-3H2,1H3. The summed E-state index contributed by atoms with van der Waals surface area (Å²) in [5.74, 6) is -1.25.